The van der Waals surface area contributed by atoms with Gasteiger partial charge in [0.15, 0.2) is 5.82 Å². The predicted octanol–water partition coefficient (Wildman–Crippen LogP) is 1.74. The van der Waals surface area contributed by atoms with Gasteiger partial charge in [-0.25, -0.2) is 9.97 Å². The molecule has 1 heterocycles. The summed E-state index contributed by atoms with van der Waals surface area (Å²) in [6.45, 7) is 3.02. The summed E-state index contributed by atoms with van der Waals surface area (Å²) in [6, 6.07) is 1.69. The Kier molecular flexibility index (Phi) is 8.40. The van der Waals surface area contributed by atoms with Crippen molar-refractivity contribution >= 4 is 17.4 Å². The number of aromatic nitrogens is 2. The second kappa shape index (κ2) is 9.91. The van der Waals surface area contributed by atoms with Crippen molar-refractivity contribution in [3.8, 4) is 0 Å². The maximum absolute atomic E-state index is 5.90. The minimum absolute atomic E-state index is 0.343. The van der Waals surface area contributed by atoms with E-state index in [4.69, 9.17) is 25.8 Å². The summed E-state index contributed by atoms with van der Waals surface area (Å²) in [6.07, 6.45) is 0.880. The molecule has 0 saturated heterocycles. The largest absolute Gasteiger partial charge is 0.382 e. The highest BCUT2D eigenvalue weighted by Crippen LogP contribution is 2.11. The molecule has 0 spiro atoms. The average molecular weight is 290 g/mol. The van der Waals surface area contributed by atoms with Crippen LogP contribution < -0.4 is 5.32 Å². The highest BCUT2D eigenvalue weighted by atomic mass is 35.5. The van der Waals surface area contributed by atoms with Crippen LogP contribution in [-0.2, 0) is 20.8 Å². The molecule has 108 valence electrons. The van der Waals surface area contributed by atoms with Gasteiger partial charge >= 0.3 is 0 Å². The molecule has 1 aromatic rings. The van der Waals surface area contributed by atoms with E-state index in [-0.39, 0.29) is 0 Å². The molecule has 0 fully saturated rings. The quantitative estimate of drug-likeness (QED) is 0.523. The van der Waals surface area contributed by atoms with Gasteiger partial charge in [-0.3, -0.25) is 0 Å². The van der Waals surface area contributed by atoms with Crippen molar-refractivity contribution in [1.82, 2.24) is 9.97 Å². The summed E-state index contributed by atoms with van der Waals surface area (Å²) in [5.74, 6) is 1.26. The van der Waals surface area contributed by atoms with E-state index in [2.05, 4.69) is 15.3 Å². The van der Waals surface area contributed by atoms with E-state index < -0.39 is 0 Å². The highest BCUT2D eigenvalue weighted by Gasteiger charge is 2.02. The fourth-order valence-corrected chi connectivity index (χ4v) is 1.58. The third-order valence-electron chi connectivity index (χ3n) is 2.22. The Bertz CT molecular complexity index is 366. The second-order valence-electron chi connectivity index (χ2n) is 3.81. The molecule has 0 amide bonds. The SMILES string of the molecule is COCCOCCCNc1cc(Cl)nc(COC)n1. The lowest BCUT2D eigenvalue weighted by atomic mass is 10.4. The molecule has 6 nitrogen and oxygen atoms in total. The average Bonchev–Trinajstić information content (AvgIpc) is 2.37. The van der Waals surface area contributed by atoms with Crippen molar-refractivity contribution in [3.05, 3.63) is 17.0 Å². The lowest BCUT2D eigenvalue weighted by molar-refractivity contribution is 0.0705. The fraction of sp³-hybridized carbons (Fsp3) is 0.667. The molecule has 0 saturated carbocycles. The molecule has 0 aliphatic carbocycles. The third-order valence-corrected chi connectivity index (χ3v) is 2.41. The Morgan fingerprint density at radius 1 is 1.16 bits per heavy atom. The molecule has 0 unspecified atom stereocenters. The maximum atomic E-state index is 5.90. The van der Waals surface area contributed by atoms with Gasteiger partial charge in [-0.1, -0.05) is 11.6 Å². The monoisotopic (exact) mass is 289 g/mol. The molecule has 1 aromatic heterocycles. The molecule has 7 heteroatoms. The Labute approximate surface area is 118 Å². The number of anilines is 1. The van der Waals surface area contributed by atoms with Gasteiger partial charge in [0, 0.05) is 33.4 Å². The van der Waals surface area contributed by atoms with Gasteiger partial charge in [0.1, 0.15) is 17.6 Å². The molecule has 1 rings (SSSR count). The Hall–Kier alpha value is -0.950. The van der Waals surface area contributed by atoms with E-state index in [0.717, 1.165) is 13.0 Å². The summed E-state index contributed by atoms with van der Waals surface area (Å²) in [7, 11) is 3.25. The van der Waals surface area contributed by atoms with Crippen LogP contribution in [0.15, 0.2) is 6.07 Å². The summed E-state index contributed by atoms with van der Waals surface area (Å²) < 4.78 is 15.2. The van der Waals surface area contributed by atoms with Gasteiger partial charge in [-0.15, -0.1) is 0 Å². The van der Waals surface area contributed by atoms with Crippen LogP contribution in [0.1, 0.15) is 12.2 Å². The minimum Gasteiger partial charge on any atom is -0.382 e. The Balaban J connectivity index is 2.25. The molecule has 0 aliphatic rings. The van der Waals surface area contributed by atoms with Crippen LogP contribution in [0.2, 0.25) is 5.15 Å². The van der Waals surface area contributed by atoms with Gasteiger partial charge < -0.3 is 19.5 Å². The zero-order valence-corrected chi connectivity index (χ0v) is 12.1. The van der Waals surface area contributed by atoms with Crippen molar-refractivity contribution in [2.45, 2.75) is 13.0 Å². The van der Waals surface area contributed by atoms with Gasteiger partial charge in [-0.2, -0.15) is 0 Å². The number of halogens is 1. The van der Waals surface area contributed by atoms with E-state index >= 15 is 0 Å². The van der Waals surface area contributed by atoms with E-state index in [1.165, 1.54) is 0 Å². The first-order valence-corrected chi connectivity index (χ1v) is 6.47. The minimum atomic E-state index is 0.343. The first kappa shape index (κ1) is 16.1. The Morgan fingerprint density at radius 2 is 2.00 bits per heavy atom. The van der Waals surface area contributed by atoms with Crippen LogP contribution in [0.3, 0.4) is 0 Å². The number of nitrogens with one attached hydrogen (secondary N) is 1. The molecule has 0 aliphatic heterocycles. The number of rotatable bonds is 10. The standard InChI is InChI=1S/C12H20ClN3O3/c1-17-6-7-19-5-3-4-14-11-8-10(13)15-12(16-11)9-18-2/h8H,3-7,9H2,1-2H3,(H,14,15,16). The number of ether oxygens (including phenoxy) is 3. The summed E-state index contributed by atoms with van der Waals surface area (Å²) >= 11 is 5.90. The molecule has 0 bridgehead atoms. The normalized spacial score (nSPS) is 10.7. The van der Waals surface area contributed by atoms with Gasteiger partial charge in [-0.05, 0) is 6.42 Å². The molecular weight excluding hydrogens is 270 g/mol. The first-order valence-electron chi connectivity index (χ1n) is 6.09. The third kappa shape index (κ3) is 7.27. The summed E-state index contributed by atoms with van der Waals surface area (Å²) in [5, 5.41) is 3.58. The van der Waals surface area contributed by atoms with Crippen molar-refractivity contribution < 1.29 is 14.2 Å². The van der Waals surface area contributed by atoms with E-state index in [1.54, 1.807) is 20.3 Å². The van der Waals surface area contributed by atoms with Gasteiger partial charge in [0.05, 0.1) is 13.2 Å². The summed E-state index contributed by atoms with van der Waals surface area (Å²) in [5.41, 5.74) is 0. The smallest absolute Gasteiger partial charge is 0.158 e. The fourth-order valence-electron chi connectivity index (χ4n) is 1.38. The first-order chi connectivity index (χ1) is 9.26. The zero-order chi connectivity index (χ0) is 13.9. The summed E-state index contributed by atoms with van der Waals surface area (Å²) in [4.78, 5) is 8.33. The van der Waals surface area contributed by atoms with E-state index in [9.17, 15) is 0 Å². The number of nitrogens with zero attached hydrogens (tertiary/aromatic N) is 2. The van der Waals surface area contributed by atoms with Crippen LogP contribution >= 0.6 is 11.6 Å². The topological polar surface area (TPSA) is 65.5 Å². The molecule has 0 aromatic carbocycles. The van der Waals surface area contributed by atoms with Crippen molar-refractivity contribution in [3.63, 3.8) is 0 Å². The molecular formula is C12H20ClN3O3. The molecule has 19 heavy (non-hydrogen) atoms. The van der Waals surface area contributed by atoms with Crippen LogP contribution in [0.25, 0.3) is 0 Å². The van der Waals surface area contributed by atoms with Gasteiger partial charge in [0.25, 0.3) is 0 Å². The number of methoxy groups -OCH3 is 2. The van der Waals surface area contributed by atoms with Crippen molar-refractivity contribution in [2.24, 2.45) is 0 Å². The van der Waals surface area contributed by atoms with Crippen molar-refractivity contribution in [1.29, 1.82) is 0 Å². The van der Waals surface area contributed by atoms with E-state index in [0.29, 0.717) is 43.2 Å². The maximum Gasteiger partial charge on any atom is 0.158 e. The lowest BCUT2D eigenvalue weighted by Gasteiger charge is -2.08. The number of hydrogen-bond acceptors (Lipinski definition) is 6. The molecule has 1 N–H and O–H groups in total. The second-order valence-corrected chi connectivity index (χ2v) is 4.20. The molecule has 0 atom stereocenters. The Morgan fingerprint density at radius 3 is 2.74 bits per heavy atom. The van der Waals surface area contributed by atoms with Crippen molar-refractivity contribution in [2.75, 3.05) is 45.9 Å². The van der Waals surface area contributed by atoms with E-state index in [1.807, 2.05) is 0 Å². The van der Waals surface area contributed by atoms with Gasteiger partial charge in [0.2, 0.25) is 0 Å². The van der Waals surface area contributed by atoms with Crippen LogP contribution in [-0.4, -0.2) is 50.6 Å². The zero-order valence-electron chi connectivity index (χ0n) is 11.3. The highest BCUT2D eigenvalue weighted by molar-refractivity contribution is 6.29. The number of hydrogen-bond donors (Lipinski definition) is 1. The van der Waals surface area contributed by atoms with Crippen LogP contribution in [0, 0.1) is 0 Å². The lowest BCUT2D eigenvalue weighted by Crippen LogP contribution is -2.10. The predicted molar refractivity (Wildman–Crippen MR) is 73.6 cm³/mol. The molecule has 0 radical (unpaired) electrons. The van der Waals surface area contributed by atoms with Crippen LogP contribution in [0.4, 0.5) is 5.82 Å². The van der Waals surface area contributed by atoms with Crippen LogP contribution in [0.5, 0.6) is 0 Å².